The van der Waals surface area contributed by atoms with E-state index in [2.05, 4.69) is 9.88 Å². The zero-order valence-electron chi connectivity index (χ0n) is 15.9. The second-order valence-electron chi connectivity index (χ2n) is 6.27. The zero-order chi connectivity index (χ0) is 20.3. The van der Waals surface area contributed by atoms with E-state index in [9.17, 15) is 13.2 Å². The van der Waals surface area contributed by atoms with E-state index in [0.717, 1.165) is 22.3 Å². The summed E-state index contributed by atoms with van der Waals surface area (Å²) in [5, 5.41) is 1.48. The van der Waals surface area contributed by atoms with Crippen molar-refractivity contribution in [2.24, 2.45) is 0 Å². The summed E-state index contributed by atoms with van der Waals surface area (Å²) >= 11 is 1.03. The number of methoxy groups -OCH3 is 3. The standard InChI is InChI=1S/C18H22F3N3O3S/c1-25-13-5-4-12(15(26-2)16(13)27-3)10-23-6-8-24(9-7-23)17-22-14(11-28-17)18(19,20)21/h4-5,11H,6-10H2,1-3H3. The van der Waals surface area contributed by atoms with Gasteiger partial charge in [0, 0.05) is 43.7 Å². The highest BCUT2D eigenvalue weighted by Crippen LogP contribution is 2.40. The summed E-state index contributed by atoms with van der Waals surface area (Å²) in [6.07, 6.45) is -4.40. The smallest absolute Gasteiger partial charge is 0.434 e. The molecule has 1 aliphatic heterocycles. The first-order chi connectivity index (χ1) is 13.4. The molecule has 10 heteroatoms. The van der Waals surface area contributed by atoms with E-state index < -0.39 is 11.9 Å². The van der Waals surface area contributed by atoms with Gasteiger partial charge in [0.25, 0.3) is 0 Å². The van der Waals surface area contributed by atoms with Crippen LogP contribution < -0.4 is 19.1 Å². The maximum Gasteiger partial charge on any atom is 0.434 e. The molecular formula is C18H22F3N3O3S. The molecule has 0 saturated carbocycles. The van der Waals surface area contributed by atoms with Crippen LogP contribution in [0.15, 0.2) is 17.5 Å². The van der Waals surface area contributed by atoms with E-state index in [-0.39, 0.29) is 0 Å². The van der Waals surface area contributed by atoms with Crippen molar-refractivity contribution in [3.8, 4) is 17.2 Å². The minimum Gasteiger partial charge on any atom is -0.493 e. The summed E-state index contributed by atoms with van der Waals surface area (Å²) in [5.74, 6) is 1.76. The van der Waals surface area contributed by atoms with Crippen molar-refractivity contribution in [2.45, 2.75) is 12.7 Å². The van der Waals surface area contributed by atoms with Gasteiger partial charge < -0.3 is 19.1 Å². The van der Waals surface area contributed by atoms with Crippen molar-refractivity contribution >= 4 is 16.5 Å². The van der Waals surface area contributed by atoms with Gasteiger partial charge in [-0.25, -0.2) is 4.98 Å². The fraction of sp³-hybridized carbons (Fsp3) is 0.500. The van der Waals surface area contributed by atoms with Gasteiger partial charge in [-0.15, -0.1) is 11.3 Å². The molecule has 3 rings (SSSR count). The molecule has 0 unspecified atom stereocenters. The molecular weight excluding hydrogens is 395 g/mol. The first-order valence-electron chi connectivity index (χ1n) is 8.65. The molecule has 2 aromatic rings. The Morgan fingerprint density at radius 2 is 1.68 bits per heavy atom. The SMILES string of the molecule is COc1ccc(CN2CCN(c3nc(C(F)(F)F)cs3)CC2)c(OC)c1OC. The van der Waals surface area contributed by atoms with Gasteiger partial charge in [-0.05, 0) is 6.07 Å². The van der Waals surface area contributed by atoms with Gasteiger partial charge in [-0.3, -0.25) is 4.90 Å². The van der Waals surface area contributed by atoms with Crippen molar-refractivity contribution in [3.63, 3.8) is 0 Å². The molecule has 1 fully saturated rings. The number of halogens is 3. The molecule has 2 heterocycles. The van der Waals surface area contributed by atoms with Crippen LogP contribution in [-0.2, 0) is 12.7 Å². The molecule has 0 spiro atoms. The lowest BCUT2D eigenvalue weighted by Gasteiger charge is -2.34. The van der Waals surface area contributed by atoms with E-state index in [4.69, 9.17) is 14.2 Å². The minimum absolute atomic E-state index is 0.413. The zero-order valence-corrected chi connectivity index (χ0v) is 16.7. The van der Waals surface area contributed by atoms with Crippen LogP contribution in [0.3, 0.4) is 0 Å². The molecule has 154 valence electrons. The Labute approximate surface area is 165 Å². The Kier molecular flexibility index (Phi) is 6.19. The Balaban J connectivity index is 1.65. The Morgan fingerprint density at radius 1 is 1.00 bits per heavy atom. The lowest BCUT2D eigenvalue weighted by molar-refractivity contribution is -0.140. The molecule has 0 radical (unpaired) electrons. The van der Waals surface area contributed by atoms with Crippen LogP contribution in [0, 0.1) is 0 Å². The predicted molar refractivity (Wildman–Crippen MR) is 101 cm³/mol. The number of aromatic nitrogens is 1. The lowest BCUT2D eigenvalue weighted by atomic mass is 10.1. The van der Waals surface area contributed by atoms with Gasteiger partial charge in [0.15, 0.2) is 22.3 Å². The van der Waals surface area contributed by atoms with Crippen LogP contribution in [0.1, 0.15) is 11.3 Å². The second kappa shape index (κ2) is 8.44. The van der Waals surface area contributed by atoms with E-state index in [0.29, 0.717) is 55.1 Å². The molecule has 0 bridgehead atoms. The molecule has 1 aliphatic rings. The summed E-state index contributed by atoms with van der Waals surface area (Å²) in [6, 6.07) is 3.77. The first-order valence-corrected chi connectivity index (χ1v) is 9.53. The van der Waals surface area contributed by atoms with Gasteiger partial charge >= 0.3 is 6.18 Å². The quantitative estimate of drug-likeness (QED) is 0.717. The van der Waals surface area contributed by atoms with Crippen LogP contribution >= 0.6 is 11.3 Å². The summed E-state index contributed by atoms with van der Waals surface area (Å²) < 4.78 is 54.5. The van der Waals surface area contributed by atoms with Crippen molar-refractivity contribution in [1.82, 2.24) is 9.88 Å². The second-order valence-corrected chi connectivity index (χ2v) is 7.11. The van der Waals surface area contributed by atoms with Crippen LogP contribution in [-0.4, -0.2) is 57.4 Å². The number of alkyl halides is 3. The Morgan fingerprint density at radius 3 is 2.21 bits per heavy atom. The van der Waals surface area contributed by atoms with Crippen molar-refractivity contribution in [3.05, 3.63) is 28.8 Å². The largest absolute Gasteiger partial charge is 0.493 e. The van der Waals surface area contributed by atoms with Crippen LogP contribution in [0.2, 0.25) is 0 Å². The normalized spacial score (nSPS) is 15.6. The third kappa shape index (κ3) is 4.27. The summed E-state index contributed by atoms with van der Waals surface area (Å²) in [5.41, 5.74) is 0.132. The molecule has 28 heavy (non-hydrogen) atoms. The van der Waals surface area contributed by atoms with E-state index in [1.54, 1.807) is 21.3 Å². The maximum atomic E-state index is 12.7. The van der Waals surface area contributed by atoms with Crippen LogP contribution in [0.25, 0.3) is 0 Å². The number of anilines is 1. The van der Waals surface area contributed by atoms with Gasteiger partial charge in [0.05, 0.1) is 21.3 Å². The molecule has 1 aromatic heterocycles. The summed E-state index contributed by atoms with van der Waals surface area (Å²) in [4.78, 5) is 7.85. The van der Waals surface area contributed by atoms with Gasteiger partial charge in [-0.2, -0.15) is 13.2 Å². The predicted octanol–water partition coefficient (Wildman–Crippen LogP) is 3.51. The highest BCUT2D eigenvalue weighted by atomic mass is 32.1. The number of hydrogen-bond acceptors (Lipinski definition) is 7. The van der Waals surface area contributed by atoms with E-state index >= 15 is 0 Å². The molecule has 1 aromatic carbocycles. The molecule has 0 N–H and O–H groups in total. The number of nitrogens with zero attached hydrogens (tertiary/aromatic N) is 3. The van der Waals surface area contributed by atoms with Gasteiger partial charge in [-0.1, -0.05) is 6.07 Å². The van der Waals surface area contributed by atoms with E-state index in [1.165, 1.54) is 0 Å². The lowest BCUT2D eigenvalue weighted by Crippen LogP contribution is -2.46. The molecule has 0 amide bonds. The van der Waals surface area contributed by atoms with Crippen LogP contribution in [0.4, 0.5) is 18.3 Å². The van der Waals surface area contributed by atoms with Crippen molar-refractivity contribution < 1.29 is 27.4 Å². The highest BCUT2D eigenvalue weighted by Gasteiger charge is 2.34. The van der Waals surface area contributed by atoms with Crippen molar-refractivity contribution in [2.75, 3.05) is 52.4 Å². The average Bonchev–Trinajstić information content (AvgIpc) is 3.18. The number of hydrogen-bond donors (Lipinski definition) is 0. The molecule has 6 nitrogen and oxygen atoms in total. The summed E-state index contributed by atoms with van der Waals surface area (Å²) in [6.45, 7) is 3.28. The third-order valence-electron chi connectivity index (χ3n) is 4.60. The van der Waals surface area contributed by atoms with Crippen molar-refractivity contribution in [1.29, 1.82) is 0 Å². The van der Waals surface area contributed by atoms with Crippen LogP contribution in [0.5, 0.6) is 17.2 Å². The fourth-order valence-electron chi connectivity index (χ4n) is 3.17. The molecule has 0 atom stereocenters. The number of rotatable bonds is 6. The number of thiazole rings is 1. The Bertz CT molecular complexity index is 805. The number of ether oxygens (including phenoxy) is 3. The average molecular weight is 417 g/mol. The highest BCUT2D eigenvalue weighted by molar-refractivity contribution is 7.13. The fourth-order valence-corrected chi connectivity index (χ4v) is 4.05. The molecule has 1 saturated heterocycles. The number of benzene rings is 1. The number of piperazine rings is 1. The maximum absolute atomic E-state index is 12.7. The topological polar surface area (TPSA) is 47.1 Å². The first kappa shape index (κ1) is 20.5. The third-order valence-corrected chi connectivity index (χ3v) is 5.51. The Hall–Kier alpha value is -2.20. The monoisotopic (exact) mass is 417 g/mol. The van der Waals surface area contributed by atoms with Gasteiger partial charge in [0.1, 0.15) is 0 Å². The molecule has 0 aliphatic carbocycles. The minimum atomic E-state index is -4.40. The summed E-state index contributed by atoms with van der Waals surface area (Å²) in [7, 11) is 4.71. The van der Waals surface area contributed by atoms with E-state index in [1.807, 2.05) is 17.0 Å². The van der Waals surface area contributed by atoms with Gasteiger partial charge in [0.2, 0.25) is 5.75 Å².